The van der Waals surface area contributed by atoms with Gasteiger partial charge >= 0.3 is 0 Å². The SMILES string of the molecule is CC(C)(C)Oc1ccc(Nc2ccc(Oc3ccc(-c4ccc(C(C)(C)C)cc4)cc3)cc2)cc1. The first-order valence-corrected chi connectivity index (χ1v) is 12.1. The van der Waals surface area contributed by atoms with E-state index in [9.17, 15) is 0 Å². The van der Waals surface area contributed by atoms with Gasteiger partial charge in [-0.2, -0.15) is 0 Å². The molecule has 0 aromatic heterocycles. The lowest BCUT2D eigenvalue weighted by Gasteiger charge is -2.21. The van der Waals surface area contributed by atoms with Crippen molar-refractivity contribution in [2.24, 2.45) is 0 Å². The molecule has 3 heteroatoms. The molecule has 0 heterocycles. The van der Waals surface area contributed by atoms with Crippen LogP contribution < -0.4 is 14.8 Å². The predicted molar refractivity (Wildman–Crippen MR) is 147 cm³/mol. The Morgan fingerprint density at radius 2 is 0.886 bits per heavy atom. The van der Waals surface area contributed by atoms with Crippen LogP contribution in [0.2, 0.25) is 0 Å². The van der Waals surface area contributed by atoms with E-state index in [1.165, 1.54) is 16.7 Å². The third kappa shape index (κ3) is 6.89. The molecule has 0 saturated carbocycles. The lowest BCUT2D eigenvalue weighted by Crippen LogP contribution is -2.22. The molecule has 0 aliphatic carbocycles. The largest absolute Gasteiger partial charge is 0.488 e. The zero-order valence-electron chi connectivity index (χ0n) is 21.6. The van der Waals surface area contributed by atoms with Crippen molar-refractivity contribution in [1.82, 2.24) is 0 Å². The zero-order chi connectivity index (χ0) is 25.1. The fourth-order valence-electron chi connectivity index (χ4n) is 3.75. The van der Waals surface area contributed by atoms with E-state index in [0.717, 1.165) is 28.6 Å². The summed E-state index contributed by atoms with van der Waals surface area (Å²) in [5.41, 5.74) is 5.68. The van der Waals surface area contributed by atoms with Gasteiger partial charge in [0.2, 0.25) is 0 Å². The summed E-state index contributed by atoms with van der Waals surface area (Å²) in [4.78, 5) is 0. The minimum atomic E-state index is -0.206. The van der Waals surface area contributed by atoms with Gasteiger partial charge < -0.3 is 14.8 Å². The fraction of sp³-hybridized carbons (Fsp3) is 0.250. The lowest BCUT2D eigenvalue weighted by molar-refractivity contribution is 0.131. The molecule has 0 aliphatic heterocycles. The van der Waals surface area contributed by atoms with E-state index in [1.54, 1.807) is 0 Å². The van der Waals surface area contributed by atoms with Crippen LogP contribution >= 0.6 is 0 Å². The molecule has 0 unspecified atom stereocenters. The zero-order valence-corrected chi connectivity index (χ0v) is 21.6. The summed E-state index contributed by atoms with van der Waals surface area (Å²) in [6.07, 6.45) is 0. The molecule has 35 heavy (non-hydrogen) atoms. The Morgan fingerprint density at radius 1 is 0.486 bits per heavy atom. The summed E-state index contributed by atoms with van der Waals surface area (Å²) in [7, 11) is 0. The van der Waals surface area contributed by atoms with E-state index in [2.05, 4.69) is 62.5 Å². The second-order valence-electron chi connectivity index (χ2n) is 10.8. The van der Waals surface area contributed by atoms with Crippen molar-refractivity contribution in [1.29, 1.82) is 0 Å². The standard InChI is InChI=1S/C32H35NO2/c1-31(2,3)25-11-7-23(8-12-25)24-9-17-28(18-10-24)34-29-19-13-26(14-20-29)33-27-15-21-30(22-16-27)35-32(4,5)6/h7-22,33H,1-6H3. The third-order valence-corrected chi connectivity index (χ3v) is 5.60. The van der Waals surface area contributed by atoms with Gasteiger partial charge in [-0.15, -0.1) is 0 Å². The van der Waals surface area contributed by atoms with Crippen molar-refractivity contribution in [3.8, 4) is 28.4 Å². The third-order valence-electron chi connectivity index (χ3n) is 5.60. The number of anilines is 2. The topological polar surface area (TPSA) is 30.5 Å². The summed E-state index contributed by atoms with van der Waals surface area (Å²) >= 11 is 0. The average Bonchev–Trinajstić information content (AvgIpc) is 2.81. The molecule has 0 radical (unpaired) electrons. The molecular formula is C32H35NO2. The highest BCUT2D eigenvalue weighted by Crippen LogP contribution is 2.30. The molecule has 180 valence electrons. The molecule has 0 aliphatic rings. The number of benzene rings is 4. The Morgan fingerprint density at radius 3 is 1.31 bits per heavy atom. The maximum absolute atomic E-state index is 6.06. The van der Waals surface area contributed by atoms with Gasteiger partial charge in [0.1, 0.15) is 22.8 Å². The van der Waals surface area contributed by atoms with Gasteiger partial charge in [-0.1, -0.05) is 57.2 Å². The summed E-state index contributed by atoms with van der Waals surface area (Å²) in [6.45, 7) is 12.8. The lowest BCUT2D eigenvalue weighted by atomic mass is 9.86. The van der Waals surface area contributed by atoms with E-state index in [1.807, 2.05) is 81.4 Å². The second-order valence-corrected chi connectivity index (χ2v) is 10.8. The van der Waals surface area contributed by atoms with Crippen LogP contribution in [-0.2, 0) is 5.41 Å². The van der Waals surface area contributed by atoms with E-state index in [-0.39, 0.29) is 11.0 Å². The van der Waals surface area contributed by atoms with E-state index >= 15 is 0 Å². The van der Waals surface area contributed by atoms with Crippen LogP contribution in [0.25, 0.3) is 11.1 Å². The Bertz CT molecular complexity index is 1230. The van der Waals surface area contributed by atoms with Gasteiger partial charge in [-0.05, 0) is 104 Å². The second kappa shape index (κ2) is 9.87. The number of nitrogens with one attached hydrogen (secondary N) is 1. The van der Waals surface area contributed by atoms with E-state index < -0.39 is 0 Å². The monoisotopic (exact) mass is 465 g/mol. The molecule has 0 bridgehead atoms. The Balaban J connectivity index is 1.35. The minimum absolute atomic E-state index is 0.160. The van der Waals surface area contributed by atoms with Crippen molar-refractivity contribution in [2.75, 3.05) is 5.32 Å². The minimum Gasteiger partial charge on any atom is -0.488 e. The summed E-state index contributed by atoms with van der Waals surface area (Å²) in [5.74, 6) is 2.47. The Hall–Kier alpha value is -3.72. The van der Waals surface area contributed by atoms with Crippen molar-refractivity contribution in [3.05, 3.63) is 103 Å². The van der Waals surface area contributed by atoms with Gasteiger partial charge in [0.25, 0.3) is 0 Å². The van der Waals surface area contributed by atoms with Crippen molar-refractivity contribution >= 4 is 11.4 Å². The molecule has 4 aromatic carbocycles. The average molecular weight is 466 g/mol. The summed E-state index contributed by atoms with van der Waals surface area (Å²) in [6, 6.07) is 33.0. The van der Waals surface area contributed by atoms with Gasteiger partial charge in [0.05, 0.1) is 0 Å². The van der Waals surface area contributed by atoms with Crippen LogP contribution in [0.3, 0.4) is 0 Å². The van der Waals surface area contributed by atoms with Crippen LogP contribution in [0.5, 0.6) is 17.2 Å². The summed E-state index contributed by atoms with van der Waals surface area (Å²) < 4.78 is 11.9. The number of rotatable bonds is 6. The van der Waals surface area contributed by atoms with Gasteiger partial charge in [0.15, 0.2) is 0 Å². The smallest absolute Gasteiger partial charge is 0.127 e. The predicted octanol–water partition coefficient (Wildman–Crippen LogP) is 9.36. The first-order valence-electron chi connectivity index (χ1n) is 12.1. The number of hydrogen-bond donors (Lipinski definition) is 1. The first kappa shape index (κ1) is 24.4. The number of ether oxygens (including phenoxy) is 2. The fourth-order valence-corrected chi connectivity index (χ4v) is 3.75. The molecule has 0 atom stereocenters. The van der Waals surface area contributed by atoms with Crippen LogP contribution in [0, 0.1) is 0 Å². The van der Waals surface area contributed by atoms with Gasteiger partial charge in [-0.3, -0.25) is 0 Å². The van der Waals surface area contributed by atoms with E-state index in [4.69, 9.17) is 9.47 Å². The Kier molecular flexibility index (Phi) is 6.88. The molecule has 3 nitrogen and oxygen atoms in total. The molecule has 0 amide bonds. The maximum Gasteiger partial charge on any atom is 0.127 e. The molecule has 4 aromatic rings. The van der Waals surface area contributed by atoms with Crippen LogP contribution in [0.4, 0.5) is 11.4 Å². The normalized spacial score (nSPS) is 11.7. The highest BCUT2D eigenvalue weighted by molar-refractivity contribution is 5.65. The summed E-state index contributed by atoms with van der Waals surface area (Å²) in [5, 5.41) is 3.41. The Labute approximate surface area is 209 Å². The van der Waals surface area contributed by atoms with Crippen molar-refractivity contribution < 1.29 is 9.47 Å². The van der Waals surface area contributed by atoms with Gasteiger partial charge in [-0.25, -0.2) is 0 Å². The van der Waals surface area contributed by atoms with Crippen LogP contribution in [0.15, 0.2) is 97.1 Å². The quantitative estimate of drug-likeness (QED) is 0.308. The van der Waals surface area contributed by atoms with Crippen LogP contribution in [0.1, 0.15) is 47.1 Å². The molecule has 0 fully saturated rings. The maximum atomic E-state index is 6.06. The molecule has 1 N–H and O–H groups in total. The van der Waals surface area contributed by atoms with Gasteiger partial charge in [0, 0.05) is 11.4 Å². The molecule has 0 saturated heterocycles. The first-order chi connectivity index (χ1) is 16.5. The van der Waals surface area contributed by atoms with Crippen LogP contribution in [-0.4, -0.2) is 5.60 Å². The number of hydrogen-bond acceptors (Lipinski definition) is 3. The molecule has 4 rings (SSSR count). The highest BCUT2D eigenvalue weighted by atomic mass is 16.5. The van der Waals surface area contributed by atoms with Crippen molar-refractivity contribution in [3.63, 3.8) is 0 Å². The van der Waals surface area contributed by atoms with E-state index in [0.29, 0.717) is 0 Å². The molecule has 0 spiro atoms. The highest BCUT2D eigenvalue weighted by Gasteiger charge is 2.13. The molecular weight excluding hydrogens is 430 g/mol. The van der Waals surface area contributed by atoms with Crippen molar-refractivity contribution in [2.45, 2.75) is 52.6 Å².